The van der Waals surface area contributed by atoms with Crippen LogP contribution < -0.4 is 9.47 Å². The summed E-state index contributed by atoms with van der Waals surface area (Å²) in [5.74, 6) is 1.93. The van der Waals surface area contributed by atoms with Crippen molar-refractivity contribution < 1.29 is 19.1 Å². The summed E-state index contributed by atoms with van der Waals surface area (Å²) in [7, 11) is 0. The summed E-state index contributed by atoms with van der Waals surface area (Å²) in [4.78, 5) is 32.0. The molecule has 6 heteroatoms. The molecule has 0 bridgehead atoms. The summed E-state index contributed by atoms with van der Waals surface area (Å²) in [5, 5.41) is 0.726. The Bertz CT molecular complexity index is 1470. The predicted octanol–water partition coefficient (Wildman–Crippen LogP) is 6.85. The number of Topliss-reactive ketones (excluding diaryl/α,β-unsaturated/α-hetero) is 2. The van der Waals surface area contributed by atoms with E-state index < -0.39 is 0 Å². The minimum Gasteiger partial charge on any atom is -0.505 e. The monoisotopic (exact) mass is 492 g/mol. The fourth-order valence-electron chi connectivity index (χ4n) is 4.10. The van der Waals surface area contributed by atoms with Crippen LogP contribution in [0.2, 0.25) is 0 Å². The van der Waals surface area contributed by atoms with Gasteiger partial charge in [0.25, 0.3) is 0 Å². The van der Waals surface area contributed by atoms with Crippen molar-refractivity contribution in [2.75, 3.05) is 6.61 Å². The highest BCUT2D eigenvalue weighted by molar-refractivity contribution is 5.91. The molecule has 0 aliphatic rings. The van der Waals surface area contributed by atoms with Crippen molar-refractivity contribution >= 4 is 28.2 Å². The highest BCUT2D eigenvalue weighted by Crippen LogP contribution is 2.37. The Morgan fingerprint density at radius 1 is 0.892 bits per heavy atom. The molecule has 3 aromatic carbocycles. The highest BCUT2D eigenvalue weighted by Gasteiger charge is 2.12. The van der Waals surface area contributed by atoms with Gasteiger partial charge in [-0.1, -0.05) is 43.3 Å². The maximum absolute atomic E-state index is 12.7. The summed E-state index contributed by atoms with van der Waals surface area (Å²) in [5.41, 5.74) is 3.83. The van der Waals surface area contributed by atoms with Gasteiger partial charge < -0.3 is 9.47 Å². The number of carbonyl (C=O) groups is 2. The third kappa shape index (κ3) is 6.80. The molecule has 1 aromatic heterocycles. The van der Waals surface area contributed by atoms with Crippen LogP contribution in [0.4, 0.5) is 5.69 Å². The van der Waals surface area contributed by atoms with Crippen LogP contribution in [0.5, 0.6) is 17.2 Å². The summed E-state index contributed by atoms with van der Waals surface area (Å²) >= 11 is 0. The number of fused-ring (bicyclic) bond motifs is 1. The lowest BCUT2D eigenvalue weighted by Crippen LogP contribution is -2.07. The van der Waals surface area contributed by atoms with Crippen LogP contribution in [0.15, 0.2) is 72.9 Å². The van der Waals surface area contributed by atoms with Gasteiger partial charge >= 0.3 is 0 Å². The van der Waals surface area contributed by atoms with Crippen LogP contribution in [0.3, 0.4) is 0 Å². The van der Waals surface area contributed by atoms with Gasteiger partial charge in [-0.2, -0.15) is 0 Å². The van der Waals surface area contributed by atoms with Crippen LogP contribution in [0.1, 0.15) is 37.0 Å². The van der Waals surface area contributed by atoms with Gasteiger partial charge in [0.2, 0.25) is 5.69 Å². The van der Waals surface area contributed by atoms with E-state index in [9.17, 15) is 9.59 Å². The number of aromatic nitrogens is 1. The van der Waals surface area contributed by atoms with E-state index >= 15 is 0 Å². The molecule has 0 radical (unpaired) electrons. The van der Waals surface area contributed by atoms with Crippen molar-refractivity contribution in [3.63, 3.8) is 0 Å². The standard InChI is InChI=1S/C31H28N2O4/c1-4-14-36-31-20-28-27(19-29(31)32-3)30(12-13-33-28)37-26-10-8-22(9-11-26)17-25(35)18-24-7-5-6-23(16-24)15-21(2)34/h5-13,16,19-20H,4,14-15,17-18H2,1-2H3. The number of hydrogen-bond acceptors (Lipinski definition) is 5. The molecule has 6 nitrogen and oxygen atoms in total. The molecule has 0 saturated carbocycles. The molecular weight excluding hydrogens is 464 g/mol. The van der Waals surface area contributed by atoms with Gasteiger partial charge in [-0.25, -0.2) is 4.85 Å². The van der Waals surface area contributed by atoms with E-state index in [1.807, 2.05) is 55.5 Å². The molecule has 37 heavy (non-hydrogen) atoms. The summed E-state index contributed by atoms with van der Waals surface area (Å²) in [6, 6.07) is 20.3. The first kappa shape index (κ1) is 25.6. The first-order chi connectivity index (χ1) is 17.9. The minimum atomic E-state index is 0.0986. The molecular formula is C31H28N2O4. The van der Waals surface area contributed by atoms with Gasteiger partial charge in [0.05, 0.1) is 18.7 Å². The van der Waals surface area contributed by atoms with E-state index in [4.69, 9.17) is 16.0 Å². The van der Waals surface area contributed by atoms with Crippen molar-refractivity contribution in [1.82, 2.24) is 4.98 Å². The van der Waals surface area contributed by atoms with Crippen LogP contribution in [-0.4, -0.2) is 23.2 Å². The maximum Gasteiger partial charge on any atom is 0.229 e. The zero-order valence-corrected chi connectivity index (χ0v) is 21.0. The van der Waals surface area contributed by atoms with Gasteiger partial charge in [-0.05, 0) is 60.4 Å². The molecule has 0 aliphatic carbocycles. The summed E-state index contributed by atoms with van der Waals surface area (Å²) in [6.07, 6.45) is 3.52. The summed E-state index contributed by atoms with van der Waals surface area (Å²) in [6.45, 7) is 11.6. The van der Waals surface area contributed by atoms with Crippen molar-refractivity contribution in [3.8, 4) is 17.2 Å². The predicted molar refractivity (Wildman–Crippen MR) is 144 cm³/mol. The zero-order valence-electron chi connectivity index (χ0n) is 21.0. The molecule has 186 valence electrons. The minimum absolute atomic E-state index is 0.0986. The number of ether oxygens (including phenoxy) is 2. The van der Waals surface area contributed by atoms with Crippen molar-refractivity contribution in [1.29, 1.82) is 0 Å². The Labute approximate surface area is 216 Å². The molecule has 4 aromatic rings. The van der Waals surface area contributed by atoms with E-state index in [2.05, 4.69) is 9.83 Å². The van der Waals surface area contributed by atoms with E-state index in [0.717, 1.165) is 28.5 Å². The number of hydrogen-bond donors (Lipinski definition) is 0. The second-order valence-corrected chi connectivity index (χ2v) is 8.94. The molecule has 0 atom stereocenters. The Hall–Kier alpha value is -4.50. The Balaban J connectivity index is 1.44. The van der Waals surface area contributed by atoms with E-state index in [-0.39, 0.29) is 11.6 Å². The lowest BCUT2D eigenvalue weighted by Gasteiger charge is -2.12. The maximum atomic E-state index is 12.7. The lowest BCUT2D eigenvalue weighted by molar-refractivity contribution is -0.118. The fourth-order valence-corrected chi connectivity index (χ4v) is 4.10. The lowest BCUT2D eigenvalue weighted by atomic mass is 10.00. The number of carbonyl (C=O) groups excluding carboxylic acids is 2. The molecule has 4 rings (SSSR count). The quantitative estimate of drug-likeness (QED) is 0.214. The van der Waals surface area contributed by atoms with Gasteiger partial charge in [0.15, 0.2) is 0 Å². The molecule has 0 spiro atoms. The summed E-state index contributed by atoms with van der Waals surface area (Å²) < 4.78 is 11.8. The first-order valence-corrected chi connectivity index (χ1v) is 12.2. The van der Waals surface area contributed by atoms with E-state index in [1.165, 1.54) is 0 Å². The molecule has 0 unspecified atom stereocenters. The van der Waals surface area contributed by atoms with E-state index in [1.54, 1.807) is 31.3 Å². The third-order valence-electron chi connectivity index (χ3n) is 5.76. The Morgan fingerprint density at radius 2 is 1.62 bits per heavy atom. The first-order valence-electron chi connectivity index (χ1n) is 12.2. The average molecular weight is 493 g/mol. The van der Waals surface area contributed by atoms with Crippen LogP contribution >= 0.6 is 0 Å². The smallest absolute Gasteiger partial charge is 0.229 e. The van der Waals surface area contributed by atoms with Crippen LogP contribution in [0, 0.1) is 6.57 Å². The number of ketones is 2. The normalized spacial score (nSPS) is 10.6. The average Bonchev–Trinajstić information content (AvgIpc) is 2.88. The number of rotatable bonds is 11. The van der Waals surface area contributed by atoms with Gasteiger partial charge in [0, 0.05) is 30.8 Å². The molecule has 0 saturated heterocycles. The van der Waals surface area contributed by atoms with Gasteiger partial charge in [-0.15, -0.1) is 0 Å². The number of nitrogens with zero attached hydrogens (tertiary/aromatic N) is 2. The SMILES string of the molecule is [C-]#[N+]c1cc2c(Oc3ccc(CC(=O)Cc4cccc(CC(C)=O)c4)cc3)ccnc2cc1OCCC. The second-order valence-electron chi connectivity index (χ2n) is 8.94. The van der Waals surface area contributed by atoms with Crippen molar-refractivity contribution in [2.24, 2.45) is 0 Å². The molecule has 0 amide bonds. The fraction of sp³-hybridized carbons (Fsp3) is 0.226. The topological polar surface area (TPSA) is 69.9 Å². The largest absolute Gasteiger partial charge is 0.505 e. The molecule has 0 fully saturated rings. The highest BCUT2D eigenvalue weighted by atomic mass is 16.5. The molecule has 1 heterocycles. The van der Waals surface area contributed by atoms with Gasteiger partial charge in [0.1, 0.15) is 28.8 Å². The Kier molecular flexibility index (Phi) is 8.27. The zero-order chi connectivity index (χ0) is 26.2. The molecule has 0 aliphatic heterocycles. The van der Waals surface area contributed by atoms with Crippen LogP contribution in [0.25, 0.3) is 15.7 Å². The van der Waals surface area contributed by atoms with Crippen molar-refractivity contribution in [3.05, 3.63) is 101 Å². The number of pyridine rings is 1. The van der Waals surface area contributed by atoms with Crippen LogP contribution in [-0.2, 0) is 28.9 Å². The van der Waals surface area contributed by atoms with E-state index in [0.29, 0.717) is 54.3 Å². The Morgan fingerprint density at radius 3 is 2.32 bits per heavy atom. The van der Waals surface area contributed by atoms with Gasteiger partial charge in [-0.3, -0.25) is 14.6 Å². The third-order valence-corrected chi connectivity index (χ3v) is 5.76. The second kappa shape index (κ2) is 12.0. The molecule has 0 N–H and O–H groups in total. The number of benzene rings is 3. The van der Waals surface area contributed by atoms with Crippen molar-refractivity contribution in [2.45, 2.75) is 39.5 Å².